The van der Waals surface area contributed by atoms with Crippen LogP contribution in [0.5, 0.6) is 5.75 Å². The monoisotopic (exact) mass is 478 g/mol. The molecular formula is C25H26N4O4S. The minimum absolute atomic E-state index is 0.0379. The molecule has 2 aromatic carbocycles. The molecule has 0 unspecified atom stereocenters. The van der Waals surface area contributed by atoms with Gasteiger partial charge in [0.1, 0.15) is 5.75 Å². The topological polar surface area (TPSA) is 91.0 Å². The van der Waals surface area contributed by atoms with E-state index in [9.17, 15) is 14.4 Å². The maximum absolute atomic E-state index is 12.8. The van der Waals surface area contributed by atoms with Crippen LogP contribution in [0, 0.1) is 0 Å². The summed E-state index contributed by atoms with van der Waals surface area (Å²) in [4.78, 5) is 42.6. The number of ether oxygens (including phenoxy) is 1. The minimum atomic E-state index is -0.318. The van der Waals surface area contributed by atoms with E-state index >= 15 is 0 Å². The van der Waals surface area contributed by atoms with Crippen LogP contribution in [0.3, 0.4) is 0 Å². The van der Waals surface area contributed by atoms with Crippen molar-refractivity contribution in [3.63, 3.8) is 0 Å². The van der Waals surface area contributed by atoms with Crippen LogP contribution in [-0.2, 0) is 4.79 Å². The predicted molar refractivity (Wildman–Crippen MR) is 133 cm³/mol. The molecule has 0 aliphatic carbocycles. The fraction of sp³-hybridized carbons (Fsp3) is 0.240. The third kappa shape index (κ3) is 5.81. The van der Waals surface area contributed by atoms with E-state index in [2.05, 4.69) is 10.6 Å². The Kier molecular flexibility index (Phi) is 7.56. The van der Waals surface area contributed by atoms with Gasteiger partial charge in [0.2, 0.25) is 5.91 Å². The smallest absolute Gasteiger partial charge is 0.264 e. The second kappa shape index (κ2) is 11.0. The fourth-order valence-electron chi connectivity index (χ4n) is 3.72. The van der Waals surface area contributed by atoms with E-state index < -0.39 is 0 Å². The number of hydrogen-bond acceptors (Lipinski definition) is 6. The molecule has 34 heavy (non-hydrogen) atoms. The van der Waals surface area contributed by atoms with Crippen molar-refractivity contribution >= 4 is 40.4 Å². The summed E-state index contributed by atoms with van der Waals surface area (Å²) in [6.07, 6.45) is 0. The van der Waals surface area contributed by atoms with Crippen molar-refractivity contribution in [1.82, 2.24) is 9.80 Å². The molecule has 3 amide bonds. The lowest BCUT2D eigenvalue weighted by Gasteiger charge is -2.34. The lowest BCUT2D eigenvalue weighted by Crippen LogP contribution is -2.50. The number of carbonyl (C=O) groups excluding carboxylic acids is 3. The molecule has 9 heteroatoms. The number of carbonyl (C=O) groups is 3. The van der Waals surface area contributed by atoms with Crippen molar-refractivity contribution in [2.45, 2.75) is 0 Å². The highest BCUT2D eigenvalue weighted by Gasteiger charge is 2.24. The van der Waals surface area contributed by atoms with Crippen molar-refractivity contribution in [1.29, 1.82) is 0 Å². The van der Waals surface area contributed by atoms with E-state index in [4.69, 9.17) is 4.74 Å². The Bertz CT molecular complexity index is 1140. The molecule has 176 valence electrons. The normalized spacial score (nSPS) is 13.9. The fourth-order valence-corrected chi connectivity index (χ4v) is 4.41. The Labute approximate surface area is 202 Å². The molecule has 4 rings (SSSR count). The van der Waals surface area contributed by atoms with Gasteiger partial charge in [-0.25, -0.2) is 0 Å². The van der Waals surface area contributed by atoms with Crippen LogP contribution in [0.2, 0.25) is 0 Å². The molecule has 2 heterocycles. The quantitative estimate of drug-likeness (QED) is 0.543. The molecule has 1 aliphatic rings. The molecule has 0 saturated carbocycles. The maximum Gasteiger partial charge on any atom is 0.264 e. The van der Waals surface area contributed by atoms with Crippen molar-refractivity contribution in [3.05, 3.63) is 76.5 Å². The molecule has 0 atom stereocenters. The predicted octanol–water partition coefficient (Wildman–Crippen LogP) is 3.41. The van der Waals surface area contributed by atoms with Crippen LogP contribution in [0.1, 0.15) is 20.0 Å². The summed E-state index contributed by atoms with van der Waals surface area (Å²) in [6, 6.07) is 17.6. The molecule has 3 aromatic rings. The first kappa shape index (κ1) is 23.5. The van der Waals surface area contributed by atoms with Crippen LogP contribution < -0.4 is 15.4 Å². The SMILES string of the molecule is COc1ccc(NC(=O)c2ccccc2NC(=O)CN2CCN(C(=O)c3cccs3)CC2)cc1. The zero-order valence-electron chi connectivity index (χ0n) is 18.8. The Hall–Kier alpha value is -3.69. The third-order valence-corrected chi connectivity index (χ3v) is 6.41. The van der Waals surface area contributed by atoms with E-state index in [-0.39, 0.29) is 24.3 Å². The van der Waals surface area contributed by atoms with Crippen LogP contribution in [-0.4, -0.2) is 67.4 Å². The van der Waals surface area contributed by atoms with Gasteiger partial charge in [0.05, 0.1) is 29.8 Å². The Morgan fingerprint density at radius 3 is 2.32 bits per heavy atom. The van der Waals surface area contributed by atoms with Gasteiger partial charge in [-0.2, -0.15) is 0 Å². The summed E-state index contributed by atoms with van der Waals surface area (Å²) in [5, 5.41) is 7.59. The summed E-state index contributed by atoms with van der Waals surface area (Å²) >= 11 is 1.44. The number of amides is 3. The molecule has 8 nitrogen and oxygen atoms in total. The number of anilines is 2. The largest absolute Gasteiger partial charge is 0.497 e. The molecule has 0 radical (unpaired) electrons. The molecule has 1 aromatic heterocycles. The van der Waals surface area contributed by atoms with Crippen molar-refractivity contribution in [2.75, 3.05) is 50.5 Å². The van der Waals surface area contributed by atoms with Gasteiger partial charge in [-0.1, -0.05) is 18.2 Å². The highest BCUT2D eigenvalue weighted by molar-refractivity contribution is 7.12. The van der Waals surface area contributed by atoms with Gasteiger partial charge in [0, 0.05) is 31.9 Å². The van der Waals surface area contributed by atoms with Gasteiger partial charge in [0.25, 0.3) is 11.8 Å². The van der Waals surface area contributed by atoms with E-state index in [1.807, 2.05) is 27.3 Å². The first-order valence-corrected chi connectivity index (χ1v) is 11.8. The van der Waals surface area contributed by atoms with Gasteiger partial charge in [-0.3, -0.25) is 19.3 Å². The number of piperazine rings is 1. The number of hydrogen-bond donors (Lipinski definition) is 2. The van der Waals surface area contributed by atoms with E-state index in [0.717, 1.165) is 4.88 Å². The number of nitrogens with one attached hydrogen (secondary N) is 2. The van der Waals surface area contributed by atoms with Gasteiger partial charge in [0.15, 0.2) is 0 Å². The van der Waals surface area contributed by atoms with Gasteiger partial charge in [-0.05, 0) is 47.8 Å². The van der Waals surface area contributed by atoms with Crippen LogP contribution >= 0.6 is 11.3 Å². The number of methoxy groups -OCH3 is 1. The first-order chi connectivity index (χ1) is 16.5. The molecule has 2 N–H and O–H groups in total. The lowest BCUT2D eigenvalue weighted by atomic mass is 10.1. The third-order valence-electron chi connectivity index (χ3n) is 5.55. The Morgan fingerprint density at radius 1 is 0.912 bits per heavy atom. The van der Waals surface area contributed by atoms with Crippen LogP contribution in [0.15, 0.2) is 66.0 Å². The summed E-state index contributed by atoms with van der Waals surface area (Å²) in [5.41, 5.74) is 1.45. The zero-order chi connectivity index (χ0) is 23.9. The highest BCUT2D eigenvalue weighted by Crippen LogP contribution is 2.20. The second-order valence-electron chi connectivity index (χ2n) is 7.82. The summed E-state index contributed by atoms with van der Waals surface area (Å²) in [6.45, 7) is 2.57. The molecule has 1 fully saturated rings. The maximum atomic E-state index is 12.8. The molecule has 1 saturated heterocycles. The van der Waals surface area contributed by atoms with Crippen LogP contribution in [0.25, 0.3) is 0 Å². The minimum Gasteiger partial charge on any atom is -0.497 e. The Morgan fingerprint density at radius 2 is 1.65 bits per heavy atom. The number of para-hydroxylation sites is 1. The van der Waals surface area contributed by atoms with Crippen molar-refractivity contribution < 1.29 is 19.1 Å². The number of thiophene rings is 1. The number of nitrogens with zero attached hydrogens (tertiary/aromatic N) is 2. The number of benzene rings is 2. The molecular weight excluding hydrogens is 452 g/mol. The highest BCUT2D eigenvalue weighted by atomic mass is 32.1. The average Bonchev–Trinajstić information content (AvgIpc) is 3.40. The Balaban J connectivity index is 1.31. The van der Waals surface area contributed by atoms with Crippen molar-refractivity contribution in [3.8, 4) is 5.75 Å². The van der Waals surface area contributed by atoms with Gasteiger partial charge < -0.3 is 20.3 Å². The average molecular weight is 479 g/mol. The summed E-state index contributed by atoms with van der Waals surface area (Å²) in [5.74, 6) is 0.211. The zero-order valence-corrected chi connectivity index (χ0v) is 19.6. The number of rotatable bonds is 7. The van der Waals surface area contributed by atoms with Crippen molar-refractivity contribution in [2.24, 2.45) is 0 Å². The van der Waals surface area contributed by atoms with Gasteiger partial charge >= 0.3 is 0 Å². The van der Waals surface area contributed by atoms with E-state index in [0.29, 0.717) is 48.9 Å². The van der Waals surface area contributed by atoms with E-state index in [1.165, 1.54) is 11.3 Å². The van der Waals surface area contributed by atoms with Gasteiger partial charge in [-0.15, -0.1) is 11.3 Å². The first-order valence-electron chi connectivity index (χ1n) is 10.9. The second-order valence-corrected chi connectivity index (χ2v) is 8.77. The standard InChI is InChI=1S/C25H26N4O4S/c1-33-19-10-8-18(9-11-19)26-24(31)20-5-2-3-6-21(20)27-23(30)17-28-12-14-29(15-13-28)25(32)22-7-4-16-34-22/h2-11,16H,12-15,17H2,1H3,(H,26,31)(H,27,30). The lowest BCUT2D eigenvalue weighted by molar-refractivity contribution is -0.117. The molecule has 0 bridgehead atoms. The van der Waals surface area contributed by atoms with E-state index in [1.54, 1.807) is 55.6 Å². The molecule has 0 spiro atoms. The summed E-state index contributed by atoms with van der Waals surface area (Å²) in [7, 11) is 1.58. The summed E-state index contributed by atoms with van der Waals surface area (Å²) < 4.78 is 5.14. The molecule has 1 aliphatic heterocycles. The van der Waals surface area contributed by atoms with Crippen LogP contribution in [0.4, 0.5) is 11.4 Å².